The standard InChI is InChI=1S/C29H34N2O3/c1-2-26(29(33)30-24-16-7-4-8-17-24)31(20-22-12-5-3-6-13-22)28(32)21-34-27-19-11-15-23-14-9-10-18-25(23)27/h3,5-6,9-15,18-19,24,26H,2,4,7-8,16-17,20-21H2,1H3,(H,30,33). The van der Waals surface area contributed by atoms with E-state index in [1.807, 2.05) is 79.7 Å². The van der Waals surface area contributed by atoms with Gasteiger partial charge in [-0.1, -0.05) is 92.9 Å². The van der Waals surface area contributed by atoms with Crippen molar-refractivity contribution in [2.24, 2.45) is 0 Å². The number of hydrogen-bond acceptors (Lipinski definition) is 3. The molecule has 0 aliphatic heterocycles. The minimum atomic E-state index is -0.536. The van der Waals surface area contributed by atoms with E-state index in [1.165, 1.54) is 6.42 Å². The molecule has 5 heteroatoms. The number of nitrogens with zero attached hydrogens (tertiary/aromatic N) is 1. The number of hydrogen-bond donors (Lipinski definition) is 1. The Hall–Kier alpha value is -3.34. The van der Waals surface area contributed by atoms with Gasteiger partial charge in [-0.05, 0) is 36.3 Å². The largest absolute Gasteiger partial charge is 0.483 e. The van der Waals surface area contributed by atoms with Crippen molar-refractivity contribution in [3.05, 3.63) is 78.4 Å². The summed E-state index contributed by atoms with van der Waals surface area (Å²) in [5.74, 6) is 0.414. The molecule has 1 aliphatic rings. The van der Waals surface area contributed by atoms with Crippen LogP contribution in [0.15, 0.2) is 72.8 Å². The van der Waals surface area contributed by atoms with Crippen LogP contribution in [0.1, 0.15) is 51.0 Å². The molecule has 0 heterocycles. The summed E-state index contributed by atoms with van der Waals surface area (Å²) in [6, 6.07) is 23.3. The molecule has 34 heavy (non-hydrogen) atoms. The van der Waals surface area contributed by atoms with Gasteiger partial charge in [-0.3, -0.25) is 9.59 Å². The second kappa shape index (κ2) is 11.7. The van der Waals surface area contributed by atoms with Crippen molar-refractivity contribution < 1.29 is 14.3 Å². The molecule has 2 amide bonds. The van der Waals surface area contributed by atoms with Crippen LogP contribution in [0.5, 0.6) is 5.75 Å². The Morgan fingerprint density at radius 3 is 2.41 bits per heavy atom. The Morgan fingerprint density at radius 2 is 1.65 bits per heavy atom. The Morgan fingerprint density at radius 1 is 0.941 bits per heavy atom. The molecule has 0 saturated heterocycles. The number of rotatable bonds is 9. The monoisotopic (exact) mass is 458 g/mol. The van der Waals surface area contributed by atoms with Gasteiger partial charge >= 0.3 is 0 Å². The van der Waals surface area contributed by atoms with E-state index >= 15 is 0 Å². The van der Waals surface area contributed by atoms with Crippen LogP contribution in [-0.4, -0.2) is 35.4 Å². The van der Waals surface area contributed by atoms with E-state index in [0.717, 1.165) is 42.0 Å². The Balaban J connectivity index is 1.51. The maximum Gasteiger partial charge on any atom is 0.261 e. The number of amides is 2. The van der Waals surface area contributed by atoms with Gasteiger partial charge in [-0.25, -0.2) is 0 Å². The third kappa shape index (κ3) is 5.96. The van der Waals surface area contributed by atoms with Crippen LogP contribution in [0.4, 0.5) is 0 Å². The van der Waals surface area contributed by atoms with E-state index < -0.39 is 6.04 Å². The summed E-state index contributed by atoms with van der Waals surface area (Å²) in [6.45, 7) is 2.21. The van der Waals surface area contributed by atoms with E-state index in [4.69, 9.17) is 4.74 Å². The maximum atomic E-state index is 13.5. The third-order valence-electron chi connectivity index (χ3n) is 6.63. The lowest BCUT2D eigenvalue weighted by Crippen LogP contribution is -2.52. The van der Waals surface area contributed by atoms with Crippen LogP contribution in [0.2, 0.25) is 0 Å². The molecular weight excluding hydrogens is 424 g/mol. The Bertz CT molecular complexity index is 1090. The number of nitrogens with one attached hydrogen (secondary N) is 1. The van der Waals surface area contributed by atoms with Crippen molar-refractivity contribution in [1.82, 2.24) is 10.2 Å². The number of carbonyl (C=O) groups is 2. The van der Waals surface area contributed by atoms with Gasteiger partial charge < -0.3 is 15.0 Å². The van der Waals surface area contributed by atoms with Crippen molar-refractivity contribution >= 4 is 22.6 Å². The van der Waals surface area contributed by atoms with Crippen LogP contribution in [0, 0.1) is 0 Å². The summed E-state index contributed by atoms with van der Waals surface area (Å²) in [5, 5.41) is 5.24. The molecule has 0 bridgehead atoms. The lowest BCUT2D eigenvalue weighted by molar-refractivity contribution is -0.143. The highest BCUT2D eigenvalue weighted by molar-refractivity contribution is 5.90. The smallest absolute Gasteiger partial charge is 0.261 e. The van der Waals surface area contributed by atoms with Gasteiger partial charge in [0, 0.05) is 18.0 Å². The van der Waals surface area contributed by atoms with E-state index in [9.17, 15) is 9.59 Å². The summed E-state index contributed by atoms with van der Waals surface area (Å²) >= 11 is 0. The normalized spacial score (nSPS) is 15.0. The molecule has 0 aromatic heterocycles. The number of ether oxygens (including phenoxy) is 1. The molecular formula is C29H34N2O3. The quantitative estimate of drug-likeness (QED) is 0.462. The fraction of sp³-hybridized carbons (Fsp3) is 0.379. The molecule has 4 rings (SSSR count). The van der Waals surface area contributed by atoms with Gasteiger partial charge in [0.25, 0.3) is 5.91 Å². The van der Waals surface area contributed by atoms with Crippen molar-refractivity contribution in [3.8, 4) is 5.75 Å². The number of fused-ring (bicyclic) bond motifs is 1. The fourth-order valence-corrected chi connectivity index (χ4v) is 4.79. The minimum absolute atomic E-state index is 0.0659. The molecule has 0 spiro atoms. The molecule has 3 aromatic carbocycles. The zero-order valence-corrected chi connectivity index (χ0v) is 19.9. The molecule has 1 N–H and O–H groups in total. The second-order valence-electron chi connectivity index (χ2n) is 9.04. The predicted molar refractivity (Wildman–Crippen MR) is 136 cm³/mol. The summed E-state index contributed by atoms with van der Waals surface area (Å²) in [7, 11) is 0. The highest BCUT2D eigenvalue weighted by Crippen LogP contribution is 2.25. The van der Waals surface area contributed by atoms with E-state index in [-0.39, 0.29) is 24.5 Å². The summed E-state index contributed by atoms with van der Waals surface area (Å²) in [4.78, 5) is 28.4. The van der Waals surface area contributed by atoms with Gasteiger partial charge in [0.05, 0.1) is 0 Å². The van der Waals surface area contributed by atoms with Crippen molar-refractivity contribution in [2.75, 3.05) is 6.61 Å². The van der Waals surface area contributed by atoms with Gasteiger partial charge in [0.15, 0.2) is 6.61 Å². The Kier molecular flexibility index (Phi) is 8.18. The third-order valence-corrected chi connectivity index (χ3v) is 6.63. The highest BCUT2D eigenvalue weighted by atomic mass is 16.5. The first-order valence-electron chi connectivity index (χ1n) is 12.4. The zero-order valence-electron chi connectivity index (χ0n) is 19.9. The summed E-state index contributed by atoms with van der Waals surface area (Å²) < 4.78 is 6.00. The molecule has 1 atom stereocenters. The number of carbonyl (C=O) groups excluding carboxylic acids is 2. The average Bonchev–Trinajstić information content (AvgIpc) is 2.88. The molecule has 178 valence electrons. The average molecular weight is 459 g/mol. The van der Waals surface area contributed by atoms with E-state index in [2.05, 4.69) is 5.32 Å². The fourth-order valence-electron chi connectivity index (χ4n) is 4.79. The van der Waals surface area contributed by atoms with Crippen molar-refractivity contribution in [3.63, 3.8) is 0 Å². The van der Waals surface area contributed by atoms with Crippen LogP contribution in [-0.2, 0) is 16.1 Å². The molecule has 1 fully saturated rings. The van der Waals surface area contributed by atoms with Crippen molar-refractivity contribution in [2.45, 2.75) is 64.1 Å². The SMILES string of the molecule is CCC(C(=O)NC1CCCCC1)N(Cc1ccccc1)C(=O)COc1cccc2ccccc12. The lowest BCUT2D eigenvalue weighted by Gasteiger charge is -2.32. The maximum absolute atomic E-state index is 13.5. The van der Waals surface area contributed by atoms with Crippen molar-refractivity contribution in [1.29, 1.82) is 0 Å². The van der Waals surface area contributed by atoms with E-state index in [1.54, 1.807) is 4.90 Å². The summed E-state index contributed by atoms with van der Waals surface area (Å²) in [6.07, 6.45) is 6.09. The molecule has 3 aromatic rings. The topological polar surface area (TPSA) is 58.6 Å². The molecule has 5 nitrogen and oxygen atoms in total. The highest BCUT2D eigenvalue weighted by Gasteiger charge is 2.30. The molecule has 1 aliphatic carbocycles. The first kappa shape index (κ1) is 23.8. The first-order chi connectivity index (χ1) is 16.7. The zero-order chi connectivity index (χ0) is 23.8. The van der Waals surface area contributed by atoms with Gasteiger partial charge in [-0.15, -0.1) is 0 Å². The van der Waals surface area contributed by atoms with E-state index in [0.29, 0.717) is 18.7 Å². The van der Waals surface area contributed by atoms with Gasteiger partial charge in [0.1, 0.15) is 11.8 Å². The lowest BCUT2D eigenvalue weighted by atomic mass is 9.95. The molecule has 0 radical (unpaired) electrons. The molecule has 1 unspecified atom stereocenters. The molecule has 1 saturated carbocycles. The van der Waals surface area contributed by atoms with Gasteiger partial charge in [-0.2, -0.15) is 0 Å². The van der Waals surface area contributed by atoms with Crippen LogP contribution in [0.25, 0.3) is 10.8 Å². The van der Waals surface area contributed by atoms with Crippen LogP contribution in [0.3, 0.4) is 0 Å². The summed E-state index contributed by atoms with van der Waals surface area (Å²) in [5.41, 5.74) is 0.991. The Labute approximate surface area is 202 Å². The number of benzene rings is 3. The predicted octanol–water partition coefficient (Wildman–Crippen LogP) is 5.47. The van der Waals surface area contributed by atoms with Crippen LogP contribution >= 0.6 is 0 Å². The second-order valence-corrected chi connectivity index (χ2v) is 9.04. The first-order valence-corrected chi connectivity index (χ1v) is 12.4. The van der Waals surface area contributed by atoms with Crippen LogP contribution < -0.4 is 10.1 Å². The minimum Gasteiger partial charge on any atom is -0.483 e. The van der Waals surface area contributed by atoms with Gasteiger partial charge in [0.2, 0.25) is 5.91 Å².